The van der Waals surface area contributed by atoms with Gasteiger partial charge in [0.25, 0.3) is 5.75 Å². The molecule has 0 N–H and O–H groups in total. The summed E-state index contributed by atoms with van der Waals surface area (Å²) in [7, 11) is 0. The third-order valence-electron chi connectivity index (χ3n) is 3.47. The molecule has 0 bridgehead atoms. The lowest BCUT2D eigenvalue weighted by Crippen LogP contribution is -2.37. The molecule has 1 heterocycles. The molecule has 3 rings (SSSR count). The van der Waals surface area contributed by atoms with E-state index in [9.17, 15) is 8.40 Å². The predicted octanol–water partition coefficient (Wildman–Crippen LogP) is 2.41. The minimum absolute atomic E-state index is 0.253. The van der Waals surface area contributed by atoms with Gasteiger partial charge in [0.15, 0.2) is 0 Å². The van der Waals surface area contributed by atoms with Crippen LogP contribution in [0, 0.1) is 18.4 Å². The SMILES string of the molecule is [O-][Br+2]([O-])Oc1cccnc1-c1ccc(Cc2ccc(I)cc2)cc1. The van der Waals surface area contributed by atoms with Gasteiger partial charge in [-0.05, 0) is 64.4 Å². The summed E-state index contributed by atoms with van der Waals surface area (Å²) in [6, 6.07) is 19.6. The Morgan fingerprint density at radius 3 is 2.17 bits per heavy atom. The molecule has 1 aromatic heterocycles. The molecule has 0 saturated heterocycles. The fourth-order valence-electron chi connectivity index (χ4n) is 2.36. The molecule has 0 saturated carbocycles. The lowest BCUT2D eigenvalue weighted by atomic mass is 10.0. The molecule has 0 aliphatic heterocycles. The van der Waals surface area contributed by atoms with Crippen LogP contribution in [0.25, 0.3) is 11.3 Å². The van der Waals surface area contributed by atoms with Crippen LogP contribution in [0.15, 0.2) is 66.9 Å². The molecular weight excluding hydrogens is 485 g/mol. The minimum Gasteiger partial charge on any atom is -0.361 e. The highest BCUT2D eigenvalue weighted by molar-refractivity contribution is 14.1. The number of hydrogen-bond acceptors (Lipinski definition) is 4. The van der Waals surface area contributed by atoms with E-state index in [1.807, 2.05) is 24.3 Å². The zero-order valence-corrected chi connectivity index (χ0v) is 16.2. The molecule has 0 aliphatic rings. The number of pyridine rings is 1. The molecule has 0 aliphatic carbocycles. The van der Waals surface area contributed by atoms with Crippen molar-refractivity contribution in [3.63, 3.8) is 0 Å². The highest BCUT2D eigenvalue weighted by atomic mass is 127. The monoisotopic (exact) mass is 497 g/mol. The first-order chi connectivity index (χ1) is 11.6. The van der Waals surface area contributed by atoms with Gasteiger partial charge in [0.2, 0.25) is 0 Å². The van der Waals surface area contributed by atoms with Gasteiger partial charge in [-0.25, -0.2) is 0 Å². The van der Waals surface area contributed by atoms with Crippen LogP contribution in [0.3, 0.4) is 0 Å². The second-order valence-electron chi connectivity index (χ2n) is 5.12. The summed E-state index contributed by atoms with van der Waals surface area (Å²) >= 11 is -1.04. The fraction of sp³-hybridized carbons (Fsp3) is 0.0556. The fourth-order valence-corrected chi connectivity index (χ4v) is 3.26. The lowest BCUT2D eigenvalue weighted by Gasteiger charge is -2.06. The van der Waals surface area contributed by atoms with Crippen molar-refractivity contribution < 1.29 is 27.0 Å². The molecule has 0 unspecified atom stereocenters. The highest BCUT2D eigenvalue weighted by Crippen LogP contribution is 2.28. The largest absolute Gasteiger partial charge is 0.501 e. The van der Waals surface area contributed by atoms with E-state index < -0.39 is 14.8 Å². The van der Waals surface area contributed by atoms with Crippen molar-refractivity contribution in [2.75, 3.05) is 0 Å². The quantitative estimate of drug-likeness (QED) is 0.508. The summed E-state index contributed by atoms with van der Waals surface area (Å²) in [6.45, 7) is 0. The lowest BCUT2D eigenvalue weighted by molar-refractivity contribution is -1.62. The number of hydrogen-bond donors (Lipinski definition) is 0. The van der Waals surface area contributed by atoms with E-state index in [0.717, 1.165) is 12.0 Å². The Bertz CT molecular complexity index is 807. The third-order valence-corrected chi connectivity index (χ3v) is 4.80. The van der Waals surface area contributed by atoms with Gasteiger partial charge in [0.05, 0.1) is 0 Å². The number of halogens is 2. The van der Waals surface area contributed by atoms with Gasteiger partial charge in [0, 0.05) is 15.3 Å². The molecule has 0 radical (unpaired) electrons. The molecule has 122 valence electrons. The first-order valence-corrected chi connectivity index (χ1v) is 10.2. The van der Waals surface area contributed by atoms with Crippen LogP contribution < -0.4 is 12.2 Å². The van der Waals surface area contributed by atoms with Gasteiger partial charge in [-0.2, -0.15) is 0 Å². The Morgan fingerprint density at radius 2 is 1.54 bits per heavy atom. The first-order valence-electron chi connectivity index (χ1n) is 7.14. The molecule has 0 fully saturated rings. The van der Waals surface area contributed by atoms with Crippen LogP contribution >= 0.6 is 22.6 Å². The maximum absolute atomic E-state index is 10.9. The van der Waals surface area contributed by atoms with E-state index in [-0.39, 0.29) is 5.75 Å². The van der Waals surface area contributed by atoms with Crippen LogP contribution in [-0.2, 0) is 6.42 Å². The van der Waals surface area contributed by atoms with Crippen molar-refractivity contribution in [3.8, 4) is 17.0 Å². The summed E-state index contributed by atoms with van der Waals surface area (Å²) in [6.07, 6.45) is 2.46. The van der Waals surface area contributed by atoms with Crippen LogP contribution in [0.2, 0.25) is 0 Å². The molecule has 6 heteroatoms. The molecule has 3 aromatic rings. The summed E-state index contributed by atoms with van der Waals surface area (Å²) in [4.78, 5) is 4.24. The Hall–Kier alpha value is -1.48. The van der Waals surface area contributed by atoms with Gasteiger partial charge < -0.3 is 8.40 Å². The van der Waals surface area contributed by atoms with Crippen molar-refractivity contribution in [2.45, 2.75) is 6.42 Å². The van der Waals surface area contributed by atoms with Crippen LogP contribution in [0.1, 0.15) is 11.1 Å². The molecule has 0 atom stereocenters. The Kier molecular flexibility index (Phi) is 5.83. The van der Waals surface area contributed by atoms with Gasteiger partial charge in [-0.3, -0.25) is 4.98 Å². The molecule has 2 aromatic carbocycles. The van der Waals surface area contributed by atoms with E-state index in [4.69, 9.17) is 3.83 Å². The van der Waals surface area contributed by atoms with Crippen LogP contribution in [-0.4, -0.2) is 4.98 Å². The Morgan fingerprint density at radius 1 is 0.917 bits per heavy atom. The summed E-state index contributed by atoms with van der Waals surface area (Å²) in [5, 5.41) is 0. The van der Waals surface area contributed by atoms with E-state index in [0.29, 0.717) is 5.69 Å². The zero-order chi connectivity index (χ0) is 16.9. The van der Waals surface area contributed by atoms with Crippen LogP contribution in [0.5, 0.6) is 5.75 Å². The minimum atomic E-state index is -3.33. The van der Waals surface area contributed by atoms with Gasteiger partial charge in [-0.1, -0.05) is 36.4 Å². The highest BCUT2D eigenvalue weighted by Gasteiger charge is 2.18. The van der Waals surface area contributed by atoms with Crippen LogP contribution in [0.4, 0.5) is 0 Å². The first kappa shape index (κ1) is 17.3. The second-order valence-corrected chi connectivity index (χ2v) is 7.48. The normalized spacial score (nSPS) is 10.8. The van der Waals surface area contributed by atoms with Crippen molar-refractivity contribution >= 4 is 22.6 Å². The third kappa shape index (κ3) is 4.54. The summed E-state index contributed by atoms with van der Waals surface area (Å²) < 4.78 is 27.8. The van der Waals surface area contributed by atoms with Gasteiger partial charge >= 0.3 is 14.8 Å². The smallest absolute Gasteiger partial charge is 0.361 e. The maximum atomic E-state index is 10.9. The van der Waals surface area contributed by atoms with Crippen molar-refractivity contribution in [3.05, 3.63) is 81.6 Å². The van der Waals surface area contributed by atoms with E-state index in [1.54, 1.807) is 18.3 Å². The van der Waals surface area contributed by atoms with Crippen molar-refractivity contribution in [2.24, 2.45) is 0 Å². The van der Waals surface area contributed by atoms with E-state index in [1.165, 1.54) is 14.7 Å². The molecule has 0 amide bonds. The molecule has 24 heavy (non-hydrogen) atoms. The molecule has 0 spiro atoms. The average Bonchev–Trinajstić information content (AvgIpc) is 2.58. The summed E-state index contributed by atoms with van der Waals surface area (Å²) in [5.41, 5.74) is 3.76. The predicted molar refractivity (Wildman–Crippen MR) is 92.3 cm³/mol. The van der Waals surface area contributed by atoms with E-state index >= 15 is 0 Å². The van der Waals surface area contributed by atoms with Gasteiger partial charge in [0.1, 0.15) is 5.69 Å². The Balaban J connectivity index is 1.81. The van der Waals surface area contributed by atoms with Crippen molar-refractivity contribution in [1.82, 2.24) is 4.98 Å². The topological polar surface area (TPSA) is 68.2 Å². The number of benzene rings is 2. The summed E-state index contributed by atoms with van der Waals surface area (Å²) in [5.74, 6) is 0.253. The Labute approximate surface area is 159 Å². The number of rotatable bonds is 5. The average molecular weight is 498 g/mol. The standard InChI is InChI=1S/C18H13BrINO3/c20-16-9-5-14(6-10-16)12-13-3-7-15(8-4-13)18-17(24-19(22)23)2-1-11-21-18/h1-11H,12H2. The maximum Gasteiger partial charge on any atom is 0.501 e. The van der Waals surface area contributed by atoms with Gasteiger partial charge in [-0.15, -0.1) is 3.83 Å². The number of aromatic nitrogens is 1. The molecule has 4 nitrogen and oxygen atoms in total. The van der Waals surface area contributed by atoms with E-state index in [2.05, 4.69) is 51.8 Å². The molecular formula is C18H13BrINO3. The van der Waals surface area contributed by atoms with Crippen molar-refractivity contribution in [1.29, 1.82) is 0 Å². The number of nitrogens with zero attached hydrogens (tertiary/aromatic N) is 1. The second kappa shape index (κ2) is 8.06. The zero-order valence-electron chi connectivity index (χ0n) is 12.5.